The third-order valence-electron chi connectivity index (χ3n) is 4.49. The summed E-state index contributed by atoms with van der Waals surface area (Å²) in [6.07, 6.45) is 4.95. The summed E-state index contributed by atoms with van der Waals surface area (Å²) in [5, 5.41) is 0. The number of aryl methyl sites for hydroxylation is 1. The van der Waals surface area contributed by atoms with Gasteiger partial charge in [0.1, 0.15) is 5.65 Å². The highest BCUT2D eigenvalue weighted by molar-refractivity contribution is 6.62. The number of imidazole rings is 1. The first-order valence-corrected chi connectivity index (χ1v) is 7.15. The minimum atomic E-state index is -0.323. The van der Waals surface area contributed by atoms with Crippen molar-refractivity contribution < 1.29 is 9.31 Å². The molecule has 0 unspecified atom stereocenters. The van der Waals surface area contributed by atoms with Gasteiger partial charge in [-0.05, 0) is 45.6 Å². The fraction of sp³-hybridized carbons (Fsp3) is 0.533. The third-order valence-corrected chi connectivity index (χ3v) is 4.49. The molecule has 0 N–H and O–H groups in total. The minimum absolute atomic E-state index is 0.310. The molecule has 1 aliphatic heterocycles. The number of hydrogen-bond acceptors (Lipinski definition) is 3. The van der Waals surface area contributed by atoms with Gasteiger partial charge in [0.2, 0.25) is 0 Å². The molecule has 1 aliphatic rings. The lowest BCUT2D eigenvalue weighted by molar-refractivity contribution is 0.00578. The molecule has 4 nitrogen and oxygen atoms in total. The van der Waals surface area contributed by atoms with E-state index in [0.29, 0.717) is 0 Å². The Hall–Kier alpha value is -1.33. The molecule has 0 aromatic carbocycles. The summed E-state index contributed by atoms with van der Waals surface area (Å²) in [7, 11) is -0.323. The maximum absolute atomic E-state index is 6.09. The van der Waals surface area contributed by atoms with E-state index >= 15 is 0 Å². The van der Waals surface area contributed by atoms with Gasteiger partial charge in [-0.25, -0.2) is 4.98 Å². The number of nitrogens with zero attached hydrogens (tertiary/aromatic N) is 2. The van der Waals surface area contributed by atoms with E-state index in [9.17, 15) is 0 Å². The zero-order valence-electron chi connectivity index (χ0n) is 12.8. The van der Waals surface area contributed by atoms with Crippen molar-refractivity contribution in [2.45, 2.75) is 52.2 Å². The summed E-state index contributed by atoms with van der Waals surface area (Å²) in [5.74, 6) is 0. The average molecular weight is 272 g/mol. The molecular weight excluding hydrogens is 251 g/mol. The first kappa shape index (κ1) is 13.6. The van der Waals surface area contributed by atoms with Crippen LogP contribution in [0.2, 0.25) is 0 Å². The monoisotopic (exact) mass is 272 g/mol. The number of fused-ring (bicyclic) bond motifs is 1. The quantitative estimate of drug-likeness (QED) is 0.786. The van der Waals surface area contributed by atoms with E-state index in [0.717, 1.165) is 17.5 Å². The second-order valence-corrected chi connectivity index (χ2v) is 6.38. The predicted molar refractivity (Wildman–Crippen MR) is 80.3 cm³/mol. The van der Waals surface area contributed by atoms with Crippen LogP contribution in [-0.2, 0) is 15.7 Å². The molecule has 0 atom stereocenters. The highest BCUT2D eigenvalue weighted by Gasteiger charge is 2.51. The van der Waals surface area contributed by atoms with Gasteiger partial charge in [-0.15, -0.1) is 0 Å². The Bertz CT molecular complexity index is 632. The van der Waals surface area contributed by atoms with E-state index in [4.69, 9.17) is 9.31 Å². The first-order chi connectivity index (χ1) is 9.34. The average Bonchev–Trinajstić information content (AvgIpc) is 2.87. The SMILES string of the molecule is CCc1cnc2ccc(B3OC(C)(C)C(C)(C)O3)cn12. The number of rotatable bonds is 2. The molecule has 2 aromatic heterocycles. The maximum Gasteiger partial charge on any atom is 0.496 e. The molecular formula is C15H21BN2O2. The standard InChI is InChI=1S/C15H21BN2O2/c1-6-12-9-17-13-8-7-11(10-18(12)13)16-19-14(2,3)15(4,5)20-16/h7-10H,6H2,1-5H3. The number of aromatic nitrogens is 2. The largest absolute Gasteiger partial charge is 0.496 e. The van der Waals surface area contributed by atoms with Crippen molar-refractivity contribution in [3.63, 3.8) is 0 Å². The van der Waals surface area contributed by atoms with Gasteiger partial charge < -0.3 is 13.7 Å². The van der Waals surface area contributed by atoms with Crippen LogP contribution in [0.25, 0.3) is 5.65 Å². The summed E-state index contributed by atoms with van der Waals surface area (Å²) in [6.45, 7) is 10.4. The zero-order valence-corrected chi connectivity index (χ0v) is 12.8. The molecule has 0 aliphatic carbocycles. The fourth-order valence-electron chi connectivity index (χ4n) is 2.43. The molecule has 5 heteroatoms. The van der Waals surface area contributed by atoms with Crippen molar-refractivity contribution in [1.82, 2.24) is 9.38 Å². The smallest absolute Gasteiger partial charge is 0.399 e. The lowest BCUT2D eigenvalue weighted by Crippen LogP contribution is -2.41. The van der Waals surface area contributed by atoms with Crippen LogP contribution in [0, 0.1) is 0 Å². The normalized spacial score (nSPS) is 20.8. The highest BCUT2D eigenvalue weighted by Crippen LogP contribution is 2.36. The first-order valence-electron chi connectivity index (χ1n) is 7.15. The van der Waals surface area contributed by atoms with Gasteiger partial charge in [0.05, 0.1) is 11.2 Å². The molecule has 20 heavy (non-hydrogen) atoms. The van der Waals surface area contributed by atoms with Crippen LogP contribution in [0.15, 0.2) is 24.5 Å². The van der Waals surface area contributed by atoms with Crippen LogP contribution in [0.4, 0.5) is 0 Å². The lowest BCUT2D eigenvalue weighted by Gasteiger charge is -2.32. The Kier molecular flexibility index (Phi) is 2.96. The lowest BCUT2D eigenvalue weighted by atomic mass is 9.80. The highest BCUT2D eigenvalue weighted by atomic mass is 16.7. The van der Waals surface area contributed by atoms with Crippen molar-refractivity contribution in [3.05, 3.63) is 30.2 Å². The molecule has 0 amide bonds. The third kappa shape index (κ3) is 1.96. The second kappa shape index (κ2) is 4.33. The van der Waals surface area contributed by atoms with Gasteiger partial charge in [0.15, 0.2) is 0 Å². The summed E-state index contributed by atoms with van der Waals surface area (Å²) < 4.78 is 14.3. The van der Waals surface area contributed by atoms with Crippen molar-refractivity contribution >= 4 is 18.2 Å². The van der Waals surface area contributed by atoms with Gasteiger partial charge in [0, 0.05) is 18.1 Å². The zero-order chi connectivity index (χ0) is 14.5. The Morgan fingerprint density at radius 3 is 2.40 bits per heavy atom. The van der Waals surface area contributed by atoms with E-state index in [-0.39, 0.29) is 18.3 Å². The minimum Gasteiger partial charge on any atom is -0.399 e. The van der Waals surface area contributed by atoms with Gasteiger partial charge in [-0.2, -0.15) is 0 Å². The van der Waals surface area contributed by atoms with Gasteiger partial charge >= 0.3 is 7.12 Å². The topological polar surface area (TPSA) is 35.8 Å². The molecule has 1 fully saturated rings. The number of hydrogen-bond donors (Lipinski definition) is 0. The Balaban J connectivity index is 1.99. The summed E-state index contributed by atoms with van der Waals surface area (Å²) in [6, 6.07) is 4.05. The van der Waals surface area contributed by atoms with Crippen molar-refractivity contribution in [3.8, 4) is 0 Å². The predicted octanol–water partition coefficient (Wildman–Crippen LogP) is 2.20. The Labute approximate surface area is 120 Å². The van der Waals surface area contributed by atoms with E-state index in [2.05, 4.69) is 50.2 Å². The van der Waals surface area contributed by atoms with Crippen LogP contribution in [0.3, 0.4) is 0 Å². The second-order valence-electron chi connectivity index (χ2n) is 6.38. The van der Waals surface area contributed by atoms with Crippen LogP contribution < -0.4 is 5.46 Å². The van der Waals surface area contributed by atoms with Crippen molar-refractivity contribution in [1.29, 1.82) is 0 Å². The number of pyridine rings is 1. The van der Waals surface area contributed by atoms with E-state index in [1.807, 2.05) is 18.3 Å². The molecule has 106 valence electrons. The Morgan fingerprint density at radius 2 is 1.80 bits per heavy atom. The van der Waals surface area contributed by atoms with Crippen molar-refractivity contribution in [2.24, 2.45) is 0 Å². The van der Waals surface area contributed by atoms with Crippen LogP contribution in [0.1, 0.15) is 40.3 Å². The van der Waals surface area contributed by atoms with E-state index < -0.39 is 0 Å². The molecule has 2 aromatic rings. The molecule has 0 spiro atoms. The van der Waals surface area contributed by atoms with Crippen LogP contribution in [0.5, 0.6) is 0 Å². The van der Waals surface area contributed by atoms with E-state index in [1.54, 1.807) is 0 Å². The van der Waals surface area contributed by atoms with Crippen LogP contribution >= 0.6 is 0 Å². The maximum atomic E-state index is 6.09. The molecule has 0 radical (unpaired) electrons. The molecule has 3 heterocycles. The van der Waals surface area contributed by atoms with Gasteiger partial charge in [0.25, 0.3) is 0 Å². The molecule has 3 rings (SSSR count). The van der Waals surface area contributed by atoms with Crippen molar-refractivity contribution in [2.75, 3.05) is 0 Å². The summed E-state index contributed by atoms with van der Waals surface area (Å²) in [4.78, 5) is 4.40. The van der Waals surface area contributed by atoms with Crippen LogP contribution in [-0.4, -0.2) is 27.7 Å². The van der Waals surface area contributed by atoms with Gasteiger partial charge in [-0.1, -0.05) is 13.0 Å². The molecule has 0 bridgehead atoms. The van der Waals surface area contributed by atoms with Gasteiger partial charge in [-0.3, -0.25) is 0 Å². The molecule has 1 saturated heterocycles. The molecule has 0 saturated carbocycles. The van der Waals surface area contributed by atoms with E-state index in [1.165, 1.54) is 5.69 Å². The fourth-order valence-corrected chi connectivity index (χ4v) is 2.43. The Morgan fingerprint density at radius 1 is 1.15 bits per heavy atom. The summed E-state index contributed by atoms with van der Waals surface area (Å²) in [5.41, 5.74) is 2.56. The summed E-state index contributed by atoms with van der Waals surface area (Å²) >= 11 is 0.